The number of hydrogen-bond acceptors (Lipinski definition) is 1. The van der Waals surface area contributed by atoms with Gasteiger partial charge >= 0.3 is 0 Å². The van der Waals surface area contributed by atoms with Gasteiger partial charge in [0.1, 0.15) is 0 Å². The molecule has 0 saturated carbocycles. The molecule has 1 atom stereocenters. The van der Waals surface area contributed by atoms with Gasteiger partial charge in [0.25, 0.3) is 0 Å². The van der Waals surface area contributed by atoms with Crippen molar-refractivity contribution in [3.05, 3.63) is 29.8 Å². The van der Waals surface area contributed by atoms with Gasteiger partial charge in [0, 0.05) is 18.3 Å². The van der Waals surface area contributed by atoms with Crippen LogP contribution in [0.2, 0.25) is 0 Å². The fraction of sp³-hybridized carbons (Fsp3) is 0.562. The molecule has 104 valence electrons. The standard InChI is InChI=1S/C16H24N2S/c1-3-4-5-8-11-17-16(19)18-13(2)12-14-9-6-7-10-15(14)18/h6-7,9-10,13H,3-5,8,11-12H2,1-2H3,(H,17,19). The van der Waals surface area contributed by atoms with Crippen molar-refractivity contribution >= 4 is 23.0 Å². The lowest BCUT2D eigenvalue weighted by atomic mass is 10.1. The van der Waals surface area contributed by atoms with E-state index in [4.69, 9.17) is 12.2 Å². The number of nitrogens with zero attached hydrogens (tertiary/aromatic N) is 1. The lowest BCUT2D eigenvalue weighted by Gasteiger charge is -2.26. The van der Waals surface area contributed by atoms with Gasteiger partial charge in [0.2, 0.25) is 0 Å². The van der Waals surface area contributed by atoms with Crippen molar-refractivity contribution in [2.24, 2.45) is 0 Å². The van der Waals surface area contributed by atoms with Gasteiger partial charge < -0.3 is 10.2 Å². The van der Waals surface area contributed by atoms with Crippen LogP contribution in [-0.2, 0) is 6.42 Å². The predicted octanol–water partition coefficient (Wildman–Crippen LogP) is 3.89. The second-order valence-corrected chi connectivity index (χ2v) is 5.73. The first-order valence-corrected chi connectivity index (χ1v) is 7.79. The van der Waals surface area contributed by atoms with Crippen LogP contribution in [0.1, 0.15) is 45.1 Å². The van der Waals surface area contributed by atoms with Crippen LogP contribution in [0, 0.1) is 0 Å². The molecule has 3 heteroatoms. The average molecular weight is 276 g/mol. The molecule has 1 aliphatic heterocycles. The zero-order valence-corrected chi connectivity index (χ0v) is 12.8. The lowest BCUT2D eigenvalue weighted by molar-refractivity contribution is 0.650. The molecular weight excluding hydrogens is 252 g/mol. The van der Waals surface area contributed by atoms with E-state index in [2.05, 4.69) is 48.3 Å². The maximum absolute atomic E-state index is 5.56. The molecule has 2 rings (SSSR count). The normalized spacial score (nSPS) is 17.4. The Labute approximate surface area is 122 Å². The highest BCUT2D eigenvalue weighted by molar-refractivity contribution is 7.80. The Kier molecular flexibility index (Phi) is 5.20. The highest BCUT2D eigenvalue weighted by Gasteiger charge is 2.27. The molecule has 0 amide bonds. The second kappa shape index (κ2) is 6.90. The molecule has 2 nitrogen and oxygen atoms in total. The van der Waals surface area contributed by atoms with Crippen molar-refractivity contribution in [2.45, 2.75) is 52.0 Å². The molecule has 0 aromatic heterocycles. The number of anilines is 1. The topological polar surface area (TPSA) is 15.3 Å². The molecule has 1 heterocycles. The Morgan fingerprint density at radius 3 is 2.89 bits per heavy atom. The van der Waals surface area contributed by atoms with E-state index in [9.17, 15) is 0 Å². The summed E-state index contributed by atoms with van der Waals surface area (Å²) in [4.78, 5) is 2.27. The summed E-state index contributed by atoms with van der Waals surface area (Å²) in [5, 5.41) is 4.30. The van der Waals surface area contributed by atoms with Crippen molar-refractivity contribution in [1.29, 1.82) is 0 Å². The van der Waals surface area contributed by atoms with E-state index in [1.165, 1.54) is 36.9 Å². The molecule has 0 saturated heterocycles. The first-order chi connectivity index (χ1) is 9.24. The summed E-state index contributed by atoms with van der Waals surface area (Å²) >= 11 is 5.56. The summed E-state index contributed by atoms with van der Waals surface area (Å²) in [5.41, 5.74) is 2.69. The van der Waals surface area contributed by atoms with E-state index in [0.717, 1.165) is 18.1 Å². The van der Waals surface area contributed by atoms with E-state index < -0.39 is 0 Å². The third kappa shape index (κ3) is 3.47. The molecule has 0 bridgehead atoms. The minimum absolute atomic E-state index is 0.466. The van der Waals surface area contributed by atoms with Crippen LogP contribution in [0.15, 0.2) is 24.3 Å². The zero-order chi connectivity index (χ0) is 13.7. The number of rotatable bonds is 5. The number of thiocarbonyl (C=S) groups is 1. The summed E-state index contributed by atoms with van der Waals surface area (Å²) < 4.78 is 0. The van der Waals surface area contributed by atoms with Gasteiger partial charge in [-0.1, -0.05) is 44.4 Å². The summed E-state index contributed by atoms with van der Waals surface area (Å²) in [5.74, 6) is 0. The van der Waals surface area contributed by atoms with E-state index >= 15 is 0 Å². The molecule has 1 N–H and O–H groups in total. The quantitative estimate of drug-likeness (QED) is 0.649. The molecule has 0 spiro atoms. The van der Waals surface area contributed by atoms with E-state index in [1.54, 1.807) is 0 Å². The summed E-state index contributed by atoms with van der Waals surface area (Å²) in [6, 6.07) is 9.04. The number of para-hydroxylation sites is 1. The summed E-state index contributed by atoms with van der Waals surface area (Å²) in [6.45, 7) is 5.47. The average Bonchev–Trinajstić information content (AvgIpc) is 2.74. The van der Waals surface area contributed by atoms with Crippen molar-refractivity contribution < 1.29 is 0 Å². The Morgan fingerprint density at radius 2 is 2.11 bits per heavy atom. The number of hydrogen-bond donors (Lipinski definition) is 1. The molecule has 1 aromatic carbocycles. The van der Waals surface area contributed by atoms with Crippen LogP contribution in [0.4, 0.5) is 5.69 Å². The highest BCUT2D eigenvalue weighted by atomic mass is 32.1. The van der Waals surface area contributed by atoms with Gasteiger partial charge in [-0.25, -0.2) is 0 Å². The Bertz CT molecular complexity index is 431. The Morgan fingerprint density at radius 1 is 1.32 bits per heavy atom. The third-order valence-electron chi connectivity index (χ3n) is 3.73. The minimum Gasteiger partial charge on any atom is -0.362 e. The Balaban J connectivity index is 1.89. The molecule has 19 heavy (non-hydrogen) atoms. The van der Waals surface area contributed by atoms with E-state index in [0.29, 0.717) is 6.04 Å². The molecule has 1 unspecified atom stereocenters. The van der Waals surface area contributed by atoms with Gasteiger partial charge in [-0.2, -0.15) is 0 Å². The Hall–Kier alpha value is -1.09. The van der Waals surface area contributed by atoms with Crippen LogP contribution in [0.3, 0.4) is 0 Å². The van der Waals surface area contributed by atoms with Gasteiger partial charge in [-0.15, -0.1) is 0 Å². The molecule has 0 aliphatic carbocycles. The molecule has 0 radical (unpaired) electrons. The molecule has 0 fully saturated rings. The number of unbranched alkanes of at least 4 members (excludes halogenated alkanes) is 3. The number of benzene rings is 1. The van der Waals surface area contributed by atoms with Crippen LogP contribution < -0.4 is 10.2 Å². The SMILES string of the molecule is CCCCCCNC(=S)N1c2ccccc2CC1C. The maximum atomic E-state index is 5.56. The smallest absolute Gasteiger partial charge is 0.173 e. The van der Waals surface area contributed by atoms with Crippen LogP contribution in [0.5, 0.6) is 0 Å². The highest BCUT2D eigenvalue weighted by Crippen LogP contribution is 2.31. The van der Waals surface area contributed by atoms with Crippen molar-refractivity contribution in [2.75, 3.05) is 11.4 Å². The lowest BCUT2D eigenvalue weighted by Crippen LogP contribution is -2.43. The minimum atomic E-state index is 0.466. The van der Waals surface area contributed by atoms with Crippen LogP contribution in [-0.4, -0.2) is 17.7 Å². The molecular formula is C16H24N2S. The number of fused-ring (bicyclic) bond motifs is 1. The van der Waals surface area contributed by atoms with E-state index in [1.807, 2.05) is 0 Å². The van der Waals surface area contributed by atoms with Gasteiger partial charge in [-0.05, 0) is 43.6 Å². The number of nitrogens with one attached hydrogen (secondary N) is 1. The van der Waals surface area contributed by atoms with E-state index in [-0.39, 0.29) is 0 Å². The summed E-state index contributed by atoms with van der Waals surface area (Å²) in [7, 11) is 0. The van der Waals surface area contributed by atoms with Crippen LogP contribution in [0.25, 0.3) is 0 Å². The first-order valence-electron chi connectivity index (χ1n) is 7.39. The monoisotopic (exact) mass is 276 g/mol. The van der Waals surface area contributed by atoms with Gasteiger partial charge in [0.15, 0.2) is 5.11 Å². The predicted molar refractivity (Wildman–Crippen MR) is 86.8 cm³/mol. The maximum Gasteiger partial charge on any atom is 0.173 e. The van der Waals surface area contributed by atoms with Crippen LogP contribution >= 0.6 is 12.2 Å². The van der Waals surface area contributed by atoms with Crippen molar-refractivity contribution in [3.63, 3.8) is 0 Å². The summed E-state index contributed by atoms with van der Waals surface area (Å²) in [6.07, 6.45) is 6.18. The first kappa shape index (κ1) is 14.3. The van der Waals surface area contributed by atoms with Crippen molar-refractivity contribution in [3.8, 4) is 0 Å². The molecule has 1 aromatic rings. The van der Waals surface area contributed by atoms with Crippen molar-refractivity contribution in [1.82, 2.24) is 5.32 Å². The van der Waals surface area contributed by atoms with Gasteiger partial charge in [-0.3, -0.25) is 0 Å². The second-order valence-electron chi connectivity index (χ2n) is 5.34. The zero-order valence-electron chi connectivity index (χ0n) is 12.0. The largest absolute Gasteiger partial charge is 0.362 e. The fourth-order valence-electron chi connectivity index (χ4n) is 2.71. The van der Waals surface area contributed by atoms with Gasteiger partial charge in [0.05, 0.1) is 0 Å². The fourth-order valence-corrected chi connectivity index (χ4v) is 3.09. The third-order valence-corrected chi connectivity index (χ3v) is 4.07. The molecule has 1 aliphatic rings.